The molecule has 1 aliphatic rings. The zero-order chi connectivity index (χ0) is 36.3. The lowest BCUT2D eigenvalue weighted by molar-refractivity contribution is -0.146. The van der Waals surface area contributed by atoms with Gasteiger partial charge in [0.1, 0.15) is 35.6 Å². The summed E-state index contributed by atoms with van der Waals surface area (Å²) in [6.45, 7) is 7.66. The lowest BCUT2D eigenvalue weighted by atomic mass is 9.84. The summed E-state index contributed by atoms with van der Waals surface area (Å²) in [6.07, 6.45) is -1.24. The first-order valence-corrected chi connectivity index (χ1v) is 16.3. The number of hydrogen-bond acceptors (Lipinski definition) is 7. The van der Waals surface area contributed by atoms with Crippen LogP contribution in [0.25, 0.3) is 11.3 Å². The molecule has 0 radical (unpaired) electrons. The molecular weight excluding hydrogens is 654 g/mol. The van der Waals surface area contributed by atoms with Crippen LogP contribution in [0.1, 0.15) is 61.0 Å². The van der Waals surface area contributed by atoms with Crippen LogP contribution in [-0.4, -0.2) is 68.2 Å². The van der Waals surface area contributed by atoms with Crippen molar-refractivity contribution in [2.45, 2.75) is 59.1 Å². The monoisotopic (exact) mass is 695 g/mol. The highest BCUT2D eigenvalue weighted by Gasteiger charge is 2.43. The fourth-order valence-corrected chi connectivity index (χ4v) is 6.53. The van der Waals surface area contributed by atoms with Gasteiger partial charge in [0.25, 0.3) is 5.91 Å². The topological polar surface area (TPSA) is 114 Å². The summed E-state index contributed by atoms with van der Waals surface area (Å²) in [5.74, 6) is 1.41. The number of alkyl halides is 1. The molecule has 9 nitrogen and oxygen atoms in total. The van der Waals surface area contributed by atoms with Gasteiger partial charge in [-0.05, 0) is 65.9 Å². The first-order chi connectivity index (χ1) is 23.6. The second kappa shape index (κ2) is 15.1. The van der Waals surface area contributed by atoms with Crippen molar-refractivity contribution in [3.63, 3.8) is 0 Å². The summed E-state index contributed by atoms with van der Waals surface area (Å²) in [5.41, 5.74) is 0.871. The fraction of sp³-hybridized carbons (Fsp3) is 0.378. The lowest BCUT2D eigenvalue weighted by Crippen LogP contribution is -2.49. The number of rotatable bonds is 11. The molecule has 2 heterocycles. The van der Waals surface area contributed by atoms with Crippen LogP contribution in [0.5, 0.6) is 0 Å². The molecule has 13 heteroatoms. The second-order valence-corrected chi connectivity index (χ2v) is 13.9. The minimum absolute atomic E-state index is 0.0745. The van der Waals surface area contributed by atoms with Crippen molar-refractivity contribution < 1.29 is 37.1 Å². The van der Waals surface area contributed by atoms with Crippen LogP contribution in [0.2, 0.25) is 0 Å². The van der Waals surface area contributed by atoms with Gasteiger partial charge in [-0.2, -0.15) is 5.90 Å². The Bertz CT molecular complexity index is 1830. The van der Waals surface area contributed by atoms with Gasteiger partial charge in [0.05, 0.1) is 17.3 Å². The first kappa shape index (κ1) is 36.7. The molecule has 0 saturated carbocycles. The van der Waals surface area contributed by atoms with E-state index in [2.05, 4.69) is 4.84 Å². The summed E-state index contributed by atoms with van der Waals surface area (Å²) in [5, 5.41) is 10.6. The van der Waals surface area contributed by atoms with E-state index in [1.165, 1.54) is 30.2 Å². The van der Waals surface area contributed by atoms with Crippen molar-refractivity contribution in [2.24, 2.45) is 17.2 Å². The third-order valence-corrected chi connectivity index (χ3v) is 8.84. The van der Waals surface area contributed by atoms with E-state index in [-0.39, 0.29) is 48.8 Å². The van der Waals surface area contributed by atoms with E-state index < -0.39 is 59.0 Å². The molecule has 5 rings (SSSR count). The zero-order valence-electron chi connectivity index (χ0n) is 28.3. The molecule has 1 amide bonds. The minimum atomic E-state index is -1.44. The Labute approximate surface area is 288 Å². The van der Waals surface area contributed by atoms with Gasteiger partial charge < -0.3 is 19.4 Å². The number of aliphatic hydroxyl groups is 1. The number of likely N-dealkylation sites (tertiary alicyclic amines) is 1. The molecule has 50 heavy (non-hydrogen) atoms. The number of halogens is 4. The SMILES string of the molecule is C[C@H](O)C(=O)N(CC1CN(Cc2ccc(C(=O)ON)cc2)C[C@@H]1F)[C@@H](c1nc(-c2cc(F)ccc2F)cn1Cc1cccc(F)c1)C(C)(C)C. The number of amides is 1. The summed E-state index contributed by atoms with van der Waals surface area (Å²) in [7, 11) is 0. The van der Waals surface area contributed by atoms with Crippen LogP contribution in [0.4, 0.5) is 17.6 Å². The van der Waals surface area contributed by atoms with E-state index in [4.69, 9.17) is 10.9 Å². The fourth-order valence-electron chi connectivity index (χ4n) is 6.53. The maximum absolute atomic E-state index is 15.8. The summed E-state index contributed by atoms with van der Waals surface area (Å²) < 4.78 is 61.1. The Morgan fingerprint density at radius 1 is 1.00 bits per heavy atom. The lowest BCUT2D eigenvalue weighted by Gasteiger charge is -2.41. The summed E-state index contributed by atoms with van der Waals surface area (Å²) in [4.78, 5) is 37.9. The van der Waals surface area contributed by atoms with Crippen LogP contribution >= 0.6 is 0 Å². The maximum atomic E-state index is 15.8. The molecule has 1 aliphatic heterocycles. The van der Waals surface area contributed by atoms with E-state index >= 15 is 8.78 Å². The number of nitrogens with two attached hydrogens (primary N) is 1. The molecule has 3 aromatic carbocycles. The van der Waals surface area contributed by atoms with E-state index in [1.807, 2.05) is 25.7 Å². The summed E-state index contributed by atoms with van der Waals surface area (Å²) >= 11 is 0. The predicted molar refractivity (Wildman–Crippen MR) is 178 cm³/mol. The molecular formula is C37H41F4N5O4. The largest absolute Gasteiger partial charge is 0.384 e. The number of nitrogens with zero attached hydrogens (tertiary/aromatic N) is 4. The highest BCUT2D eigenvalue weighted by atomic mass is 19.1. The highest BCUT2D eigenvalue weighted by Crippen LogP contribution is 2.41. The Kier molecular flexibility index (Phi) is 11.1. The predicted octanol–water partition coefficient (Wildman–Crippen LogP) is 5.81. The number of hydrogen-bond donors (Lipinski definition) is 2. The molecule has 1 aromatic heterocycles. The van der Waals surface area contributed by atoms with Crippen LogP contribution < -0.4 is 5.90 Å². The molecule has 1 saturated heterocycles. The quantitative estimate of drug-likeness (QED) is 0.150. The van der Waals surface area contributed by atoms with Gasteiger partial charge >= 0.3 is 5.97 Å². The Morgan fingerprint density at radius 2 is 1.70 bits per heavy atom. The van der Waals surface area contributed by atoms with Crippen molar-refractivity contribution in [3.05, 3.63) is 113 Å². The molecule has 4 aromatic rings. The number of aliphatic hydroxyl groups excluding tert-OH is 1. The minimum Gasteiger partial charge on any atom is -0.384 e. The van der Waals surface area contributed by atoms with Gasteiger partial charge in [-0.15, -0.1) is 0 Å². The molecule has 1 unspecified atom stereocenters. The third-order valence-electron chi connectivity index (χ3n) is 8.84. The van der Waals surface area contributed by atoms with Gasteiger partial charge in [0, 0.05) is 50.4 Å². The molecule has 0 bridgehead atoms. The number of carbonyl (C=O) groups is 2. The summed E-state index contributed by atoms with van der Waals surface area (Å²) in [6, 6.07) is 14.6. The second-order valence-electron chi connectivity index (χ2n) is 13.9. The van der Waals surface area contributed by atoms with E-state index in [0.29, 0.717) is 12.1 Å². The van der Waals surface area contributed by atoms with Gasteiger partial charge in [-0.3, -0.25) is 9.69 Å². The van der Waals surface area contributed by atoms with Crippen molar-refractivity contribution in [2.75, 3.05) is 19.6 Å². The van der Waals surface area contributed by atoms with E-state index in [0.717, 1.165) is 23.8 Å². The average molecular weight is 696 g/mol. The molecule has 266 valence electrons. The van der Waals surface area contributed by atoms with Crippen molar-refractivity contribution in [1.82, 2.24) is 19.4 Å². The standard InChI is InChI=1S/C37H41F4N5O4/c1-22(47)35(48)46(19-26-18-44(20-31(26)41)16-23-8-10-25(11-9-23)36(49)50-42)33(37(2,3)4)34-43-32(29-15-28(39)12-13-30(29)40)21-45(34)17-24-6-5-7-27(38)14-24/h5-15,21-22,26,31,33,47H,16-20,42H2,1-4H3/t22-,26?,31-,33-/m0/s1. The van der Waals surface area contributed by atoms with Crippen molar-refractivity contribution in [1.29, 1.82) is 0 Å². The Hall–Kier alpha value is -4.59. The van der Waals surface area contributed by atoms with Gasteiger partial charge in [-0.1, -0.05) is 45.0 Å². The van der Waals surface area contributed by atoms with Crippen LogP contribution in [0.15, 0.2) is 72.9 Å². The third kappa shape index (κ3) is 8.40. The van der Waals surface area contributed by atoms with E-state index in [1.54, 1.807) is 41.0 Å². The maximum Gasteiger partial charge on any atom is 0.356 e. The molecule has 3 N–H and O–H groups in total. The van der Waals surface area contributed by atoms with Crippen LogP contribution in [0.3, 0.4) is 0 Å². The molecule has 0 aliphatic carbocycles. The van der Waals surface area contributed by atoms with Gasteiger partial charge in [0.2, 0.25) is 0 Å². The number of aromatic nitrogens is 2. The Balaban J connectivity index is 1.51. The number of imidazole rings is 1. The first-order valence-electron chi connectivity index (χ1n) is 16.3. The average Bonchev–Trinajstić information content (AvgIpc) is 3.62. The van der Waals surface area contributed by atoms with Gasteiger partial charge in [0.15, 0.2) is 0 Å². The normalized spacial score (nSPS) is 17.8. The van der Waals surface area contributed by atoms with Gasteiger partial charge in [-0.25, -0.2) is 27.3 Å². The highest BCUT2D eigenvalue weighted by molar-refractivity contribution is 5.89. The van der Waals surface area contributed by atoms with Crippen LogP contribution in [0, 0.1) is 28.8 Å². The molecule has 0 spiro atoms. The zero-order valence-corrected chi connectivity index (χ0v) is 28.3. The molecule has 4 atom stereocenters. The van der Waals surface area contributed by atoms with Crippen molar-refractivity contribution in [3.8, 4) is 11.3 Å². The van der Waals surface area contributed by atoms with E-state index in [9.17, 15) is 23.5 Å². The van der Waals surface area contributed by atoms with Crippen LogP contribution in [-0.2, 0) is 22.7 Å². The number of carbonyl (C=O) groups excluding carboxylic acids is 2. The van der Waals surface area contributed by atoms with Crippen molar-refractivity contribution >= 4 is 11.9 Å². The number of benzene rings is 3. The smallest absolute Gasteiger partial charge is 0.356 e. The molecule has 1 fully saturated rings. The Morgan fingerprint density at radius 3 is 2.34 bits per heavy atom.